The van der Waals surface area contributed by atoms with Crippen LogP contribution in [0.5, 0.6) is 0 Å². The van der Waals surface area contributed by atoms with E-state index in [0.717, 1.165) is 11.3 Å². The van der Waals surface area contributed by atoms with Crippen molar-refractivity contribution >= 4 is 17.3 Å². The fourth-order valence-corrected chi connectivity index (χ4v) is 2.03. The Labute approximate surface area is 127 Å². The van der Waals surface area contributed by atoms with Crippen LogP contribution < -0.4 is 10.6 Å². The molecule has 0 aliphatic rings. The number of aromatic nitrogens is 2. The summed E-state index contributed by atoms with van der Waals surface area (Å²) in [6.45, 7) is 2.42. The van der Waals surface area contributed by atoms with Crippen LogP contribution in [0, 0.1) is 17.0 Å². The van der Waals surface area contributed by atoms with Gasteiger partial charge in [0, 0.05) is 49.7 Å². The smallest absolute Gasteiger partial charge is 0.270 e. The Hall–Kier alpha value is -2.90. The van der Waals surface area contributed by atoms with E-state index in [1.54, 1.807) is 10.9 Å². The first-order valence-corrected chi connectivity index (χ1v) is 6.66. The van der Waals surface area contributed by atoms with Gasteiger partial charge < -0.3 is 10.6 Å². The summed E-state index contributed by atoms with van der Waals surface area (Å²) in [7, 11) is 3.33. The summed E-state index contributed by atoms with van der Waals surface area (Å²) in [5.74, 6) is -0.380. The third-order valence-electron chi connectivity index (χ3n) is 3.49. The zero-order valence-electron chi connectivity index (χ0n) is 12.6. The molecule has 0 saturated heterocycles. The molecule has 1 heterocycles. The second kappa shape index (κ2) is 6.25. The van der Waals surface area contributed by atoms with Gasteiger partial charge in [0.2, 0.25) is 0 Å². The summed E-state index contributed by atoms with van der Waals surface area (Å²) in [6, 6.07) is 4.16. The zero-order valence-corrected chi connectivity index (χ0v) is 12.6. The number of amides is 1. The molecule has 2 aromatic rings. The highest BCUT2D eigenvalue weighted by molar-refractivity contribution is 6.00. The quantitative estimate of drug-likeness (QED) is 0.645. The maximum Gasteiger partial charge on any atom is 0.270 e. The molecule has 8 heteroatoms. The van der Waals surface area contributed by atoms with Crippen LogP contribution in [-0.4, -0.2) is 27.7 Å². The highest BCUT2D eigenvalue weighted by Gasteiger charge is 2.16. The molecule has 22 heavy (non-hydrogen) atoms. The summed E-state index contributed by atoms with van der Waals surface area (Å²) in [5, 5.41) is 20.6. The van der Waals surface area contributed by atoms with Crippen molar-refractivity contribution in [2.45, 2.75) is 13.5 Å². The number of hydrogen-bond donors (Lipinski definition) is 2. The first-order chi connectivity index (χ1) is 10.4. The molecule has 116 valence electrons. The number of aryl methyl sites for hydroxylation is 1. The third kappa shape index (κ3) is 3.05. The number of anilines is 1. The van der Waals surface area contributed by atoms with Crippen LogP contribution in [0.25, 0.3) is 0 Å². The summed E-state index contributed by atoms with van der Waals surface area (Å²) in [4.78, 5) is 22.2. The topological polar surface area (TPSA) is 102 Å². The molecule has 0 radical (unpaired) electrons. The summed E-state index contributed by atoms with van der Waals surface area (Å²) in [5.41, 5.74) is 2.65. The fraction of sp³-hybridized carbons (Fsp3) is 0.286. The summed E-state index contributed by atoms with van der Waals surface area (Å²) in [6.07, 6.45) is 1.74. The number of non-ortho nitro benzene ring substituents is 1. The number of nitrogens with one attached hydrogen (secondary N) is 2. The molecule has 2 rings (SSSR count). The van der Waals surface area contributed by atoms with Crippen molar-refractivity contribution in [3.8, 4) is 0 Å². The van der Waals surface area contributed by atoms with Crippen LogP contribution >= 0.6 is 0 Å². The van der Waals surface area contributed by atoms with Crippen LogP contribution in [0.3, 0.4) is 0 Å². The SMILES string of the molecule is CNC(=O)c1cc([N+](=O)[O-])ccc1NCc1cnn(C)c1C. The average Bonchev–Trinajstić information content (AvgIpc) is 2.83. The lowest BCUT2D eigenvalue weighted by molar-refractivity contribution is -0.384. The Bertz CT molecular complexity index is 723. The van der Waals surface area contributed by atoms with Gasteiger partial charge in [-0.05, 0) is 13.0 Å². The van der Waals surface area contributed by atoms with E-state index in [9.17, 15) is 14.9 Å². The van der Waals surface area contributed by atoms with Gasteiger partial charge in [0.05, 0.1) is 16.7 Å². The van der Waals surface area contributed by atoms with Crippen LogP contribution in [0.4, 0.5) is 11.4 Å². The zero-order chi connectivity index (χ0) is 16.3. The largest absolute Gasteiger partial charge is 0.380 e. The number of nitrogens with zero attached hydrogens (tertiary/aromatic N) is 3. The molecule has 1 amide bonds. The third-order valence-corrected chi connectivity index (χ3v) is 3.49. The van der Waals surface area contributed by atoms with Gasteiger partial charge >= 0.3 is 0 Å². The van der Waals surface area contributed by atoms with Gasteiger partial charge in [-0.3, -0.25) is 19.6 Å². The van der Waals surface area contributed by atoms with Gasteiger partial charge in [-0.1, -0.05) is 0 Å². The van der Waals surface area contributed by atoms with Gasteiger partial charge in [-0.25, -0.2) is 0 Å². The summed E-state index contributed by atoms with van der Waals surface area (Å²) < 4.78 is 1.76. The molecule has 0 spiro atoms. The average molecular weight is 303 g/mol. The number of benzene rings is 1. The van der Waals surface area contributed by atoms with Crippen molar-refractivity contribution in [2.75, 3.05) is 12.4 Å². The van der Waals surface area contributed by atoms with Crippen molar-refractivity contribution in [1.82, 2.24) is 15.1 Å². The molecule has 8 nitrogen and oxygen atoms in total. The van der Waals surface area contributed by atoms with E-state index in [4.69, 9.17) is 0 Å². The lowest BCUT2D eigenvalue weighted by Gasteiger charge is -2.11. The molecular formula is C14H17N5O3. The van der Waals surface area contributed by atoms with Gasteiger partial charge in [-0.2, -0.15) is 5.10 Å². The number of rotatable bonds is 5. The van der Waals surface area contributed by atoms with E-state index in [-0.39, 0.29) is 17.2 Å². The van der Waals surface area contributed by atoms with E-state index in [1.807, 2.05) is 14.0 Å². The number of carbonyl (C=O) groups excluding carboxylic acids is 1. The van der Waals surface area contributed by atoms with Crippen LogP contribution in [0.15, 0.2) is 24.4 Å². The van der Waals surface area contributed by atoms with E-state index in [0.29, 0.717) is 12.2 Å². The minimum absolute atomic E-state index is 0.123. The summed E-state index contributed by atoms with van der Waals surface area (Å²) >= 11 is 0. The Morgan fingerprint density at radius 3 is 2.73 bits per heavy atom. The predicted octanol–water partition coefficient (Wildman–Crippen LogP) is 1.61. The monoisotopic (exact) mass is 303 g/mol. The van der Waals surface area contributed by atoms with Gasteiger partial charge in [-0.15, -0.1) is 0 Å². The van der Waals surface area contributed by atoms with Gasteiger partial charge in [0.25, 0.3) is 11.6 Å². The first-order valence-electron chi connectivity index (χ1n) is 6.66. The Morgan fingerprint density at radius 2 is 2.18 bits per heavy atom. The fourth-order valence-electron chi connectivity index (χ4n) is 2.03. The molecule has 1 aromatic carbocycles. The van der Waals surface area contributed by atoms with Crippen LogP contribution in [0.1, 0.15) is 21.6 Å². The molecule has 0 aliphatic heterocycles. The second-order valence-corrected chi connectivity index (χ2v) is 4.80. The van der Waals surface area contributed by atoms with Crippen molar-refractivity contribution in [2.24, 2.45) is 7.05 Å². The molecule has 0 atom stereocenters. The van der Waals surface area contributed by atoms with Gasteiger partial charge in [0.15, 0.2) is 0 Å². The van der Waals surface area contributed by atoms with E-state index in [1.165, 1.54) is 25.2 Å². The molecule has 0 fully saturated rings. The van der Waals surface area contributed by atoms with Crippen LogP contribution in [0.2, 0.25) is 0 Å². The molecular weight excluding hydrogens is 286 g/mol. The van der Waals surface area contributed by atoms with Crippen molar-refractivity contribution in [3.05, 3.63) is 51.3 Å². The Kier molecular flexibility index (Phi) is 4.40. The van der Waals surface area contributed by atoms with Crippen molar-refractivity contribution < 1.29 is 9.72 Å². The van der Waals surface area contributed by atoms with Crippen LogP contribution in [-0.2, 0) is 13.6 Å². The lowest BCUT2D eigenvalue weighted by Crippen LogP contribution is -2.20. The van der Waals surface area contributed by atoms with Crippen molar-refractivity contribution in [1.29, 1.82) is 0 Å². The minimum atomic E-state index is -0.526. The highest BCUT2D eigenvalue weighted by atomic mass is 16.6. The number of carbonyl (C=O) groups is 1. The van der Waals surface area contributed by atoms with E-state index < -0.39 is 4.92 Å². The molecule has 0 unspecified atom stereocenters. The van der Waals surface area contributed by atoms with E-state index in [2.05, 4.69) is 15.7 Å². The lowest BCUT2D eigenvalue weighted by atomic mass is 10.1. The normalized spacial score (nSPS) is 10.3. The van der Waals surface area contributed by atoms with Gasteiger partial charge in [0.1, 0.15) is 0 Å². The number of nitro benzene ring substituents is 1. The number of hydrogen-bond acceptors (Lipinski definition) is 5. The predicted molar refractivity (Wildman–Crippen MR) is 81.8 cm³/mol. The molecule has 0 aliphatic carbocycles. The second-order valence-electron chi connectivity index (χ2n) is 4.80. The minimum Gasteiger partial charge on any atom is -0.380 e. The molecule has 2 N–H and O–H groups in total. The first kappa shape index (κ1) is 15.5. The Morgan fingerprint density at radius 1 is 1.45 bits per heavy atom. The molecule has 1 aromatic heterocycles. The standard InChI is InChI=1S/C14H17N5O3/c1-9-10(8-17-18(9)3)7-16-13-5-4-11(19(21)22)6-12(13)14(20)15-2/h4-6,8,16H,7H2,1-3H3,(H,15,20). The molecule has 0 saturated carbocycles. The molecule has 0 bridgehead atoms. The van der Waals surface area contributed by atoms with Crippen molar-refractivity contribution in [3.63, 3.8) is 0 Å². The number of nitro groups is 1. The van der Waals surface area contributed by atoms with E-state index >= 15 is 0 Å². The highest BCUT2D eigenvalue weighted by Crippen LogP contribution is 2.23. The Balaban J connectivity index is 2.28. The maximum atomic E-state index is 11.9. The maximum absolute atomic E-state index is 11.9.